The Morgan fingerprint density at radius 3 is 2.89 bits per heavy atom. The largest absolute Gasteiger partial charge is 0.381 e. The molecule has 2 rings (SSSR count). The van der Waals surface area contributed by atoms with Gasteiger partial charge in [-0.3, -0.25) is 4.79 Å². The summed E-state index contributed by atoms with van der Waals surface area (Å²) in [6.45, 7) is 2.26. The van der Waals surface area contributed by atoms with Crippen LogP contribution in [0.2, 0.25) is 0 Å². The van der Waals surface area contributed by atoms with Gasteiger partial charge in [-0.25, -0.2) is 0 Å². The summed E-state index contributed by atoms with van der Waals surface area (Å²) in [6, 6.07) is 9.47. The molecule has 0 spiro atoms. The van der Waals surface area contributed by atoms with Crippen molar-refractivity contribution in [2.75, 3.05) is 19.8 Å². The van der Waals surface area contributed by atoms with Gasteiger partial charge < -0.3 is 15.8 Å². The zero-order valence-electron chi connectivity index (χ0n) is 10.5. The molecule has 2 unspecified atom stereocenters. The number of nitrogens with two attached hydrogens (primary N) is 1. The van der Waals surface area contributed by atoms with Gasteiger partial charge in [0.25, 0.3) is 0 Å². The lowest BCUT2D eigenvalue weighted by molar-refractivity contribution is -0.121. The van der Waals surface area contributed by atoms with Crippen LogP contribution < -0.4 is 11.1 Å². The lowest BCUT2D eigenvalue weighted by Crippen LogP contribution is -2.31. The summed E-state index contributed by atoms with van der Waals surface area (Å²) in [7, 11) is 0. The second-order valence-electron chi connectivity index (χ2n) is 4.75. The number of carbonyl (C=O) groups is 1. The van der Waals surface area contributed by atoms with Crippen LogP contribution in [0, 0.1) is 5.92 Å². The molecule has 1 aliphatic rings. The molecule has 98 valence electrons. The predicted molar refractivity (Wildman–Crippen MR) is 69.9 cm³/mol. The van der Waals surface area contributed by atoms with Crippen molar-refractivity contribution < 1.29 is 9.53 Å². The van der Waals surface area contributed by atoms with E-state index in [1.165, 1.54) is 0 Å². The molecule has 1 aromatic carbocycles. The van der Waals surface area contributed by atoms with Crippen molar-refractivity contribution in [3.8, 4) is 0 Å². The van der Waals surface area contributed by atoms with E-state index in [-0.39, 0.29) is 11.9 Å². The van der Waals surface area contributed by atoms with Gasteiger partial charge in [0.2, 0.25) is 5.91 Å². The maximum absolute atomic E-state index is 11.8. The molecule has 0 aliphatic carbocycles. The molecule has 18 heavy (non-hydrogen) atoms. The first-order chi connectivity index (χ1) is 8.75. The average molecular weight is 248 g/mol. The fourth-order valence-electron chi connectivity index (χ4n) is 2.09. The number of amides is 1. The predicted octanol–water partition coefficient (Wildman–Crippen LogP) is 1.23. The number of carbonyl (C=O) groups excluding carboxylic acids is 1. The molecule has 0 radical (unpaired) electrons. The smallest absolute Gasteiger partial charge is 0.221 e. The lowest BCUT2D eigenvalue weighted by atomic mass is 10.0. The fraction of sp³-hybridized carbons (Fsp3) is 0.500. The molecule has 0 aromatic heterocycles. The summed E-state index contributed by atoms with van der Waals surface area (Å²) in [6.07, 6.45) is 1.36. The monoisotopic (exact) mass is 248 g/mol. The van der Waals surface area contributed by atoms with Crippen LogP contribution in [-0.2, 0) is 9.53 Å². The van der Waals surface area contributed by atoms with Gasteiger partial charge >= 0.3 is 0 Å². The Balaban J connectivity index is 1.73. The first-order valence-electron chi connectivity index (χ1n) is 6.40. The summed E-state index contributed by atoms with van der Waals surface area (Å²) in [5.41, 5.74) is 6.99. The molecule has 1 aromatic rings. The van der Waals surface area contributed by atoms with Crippen LogP contribution in [0.3, 0.4) is 0 Å². The fourth-order valence-corrected chi connectivity index (χ4v) is 2.09. The topological polar surface area (TPSA) is 64.4 Å². The number of benzene rings is 1. The van der Waals surface area contributed by atoms with Crippen LogP contribution in [0.1, 0.15) is 24.4 Å². The summed E-state index contributed by atoms with van der Waals surface area (Å²) < 4.78 is 5.26. The van der Waals surface area contributed by atoms with Crippen molar-refractivity contribution >= 4 is 5.91 Å². The van der Waals surface area contributed by atoms with E-state index in [1.807, 2.05) is 30.3 Å². The summed E-state index contributed by atoms with van der Waals surface area (Å²) in [5.74, 6) is 0.472. The molecule has 0 bridgehead atoms. The van der Waals surface area contributed by atoms with Crippen LogP contribution >= 0.6 is 0 Å². The average Bonchev–Trinajstić information content (AvgIpc) is 2.90. The lowest BCUT2D eigenvalue weighted by Gasteiger charge is -2.13. The molecular formula is C14H20N2O2. The molecule has 1 aliphatic heterocycles. The van der Waals surface area contributed by atoms with E-state index in [9.17, 15) is 4.79 Å². The molecule has 1 amide bonds. The highest BCUT2D eigenvalue weighted by molar-refractivity contribution is 5.76. The van der Waals surface area contributed by atoms with E-state index < -0.39 is 0 Å². The van der Waals surface area contributed by atoms with Crippen LogP contribution in [0.15, 0.2) is 30.3 Å². The minimum absolute atomic E-state index is 0.0123. The maximum atomic E-state index is 11.8. The molecule has 1 fully saturated rings. The minimum atomic E-state index is -0.231. The SMILES string of the molecule is NC(CC(=O)NCC1CCOC1)c1ccccc1. The molecule has 2 atom stereocenters. The van der Waals surface area contributed by atoms with E-state index in [2.05, 4.69) is 5.32 Å². The Hall–Kier alpha value is -1.39. The number of nitrogens with one attached hydrogen (secondary N) is 1. The third kappa shape index (κ3) is 3.82. The van der Waals surface area contributed by atoms with Gasteiger partial charge in [0, 0.05) is 31.5 Å². The van der Waals surface area contributed by atoms with Crippen molar-refractivity contribution in [2.45, 2.75) is 18.9 Å². The second-order valence-corrected chi connectivity index (χ2v) is 4.75. The summed E-state index contributed by atoms with van der Waals surface area (Å²) in [5, 5.41) is 2.93. The minimum Gasteiger partial charge on any atom is -0.381 e. The van der Waals surface area contributed by atoms with Crippen molar-refractivity contribution in [3.05, 3.63) is 35.9 Å². The number of hydrogen-bond acceptors (Lipinski definition) is 3. The molecule has 4 heteroatoms. The maximum Gasteiger partial charge on any atom is 0.221 e. The van der Waals surface area contributed by atoms with E-state index in [1.54, 1.807) is 0 Å². The van der Waals surface area contributed by atoms with Crippen LogP contribution in [-0.4, -0.2) is 25.7 Å². The summed E-state index contributed by atoms with van der Waals surface area (Å²) >= 11 is 0. The Labute approximate surface area is 108 Å². The highest BCUT2D eigenvalue weighted by Gasteiger charge is 2.17. The standard InChI is InChI=1S/C14H20N2O2/c15-13(12-4-2-1-3-5-12)8-14(17)16-9-11-6-7-18-10-11/h1-5,11,13H,6-10,15H2,(H,16,17). The zero-order chi connectivity index (χ0) is 12.8. The highest BCUT2D eigenvalue weighted by Crippen LogP contribution is 2.14. The zero-order valence-corrected chi connectivity index (χ0v) is 10.5. The highest BCUT2D eigenvalue weighted by atomic mass is 16.5. The third-order valence-electron chi connectivity index (χ3n) is 3.24. The Bertz CT molecular complexity index is 375. The van der Waals surface area contributed by atoms with E-state index >= 15 is 0 Å². The quantitative estimate of drug-likeness (QED) is 0.823. The van der Waals surface area contributed by atoms with Crippen LogP contribution in [0.5, 0.6) is 0 Å². The van der Waals surface area contributed by atoms with Gasteiger partial charge in [0.15, 0.2) is 0 Å². The number of ether oxygens (including phenoxy) is 1. The Morgan fingerprint density at radius 1 is 1.44 bits per heavy atom. The first-order valence-corrected chi connectivity index (χ1v) is 6.40. The van der Waals surface area contributed by atoms with Crippen molar-refractivity contribution in [1.82, 2.24) is 5.32 Å². The Kier molecular flexibility index (Phi) is 4.73. The summed E-state index contributed by atoms with van der Waals surface area (Å²) in [4.78, 5) is 11.8. The molecule has 1 heterocycles. The van der Waals surface area contributed by atoms with Gasteiger partial charge in [-0.15, -0.1) is 0 Å². The van der Waals surface area contributed by atoms with Gasteiger partial charge in [-0.05, 0) is 12.0 Å². The molecule has 4 nitrogen and oxygen atoms in total. The van der Waals surface area contributed by atoms with Gasteiger partial charge in [0.05, 0.1) is 6.61 Å². The molecule has 0 saturated carbocycles. The van der Waals surface area contributed by atoms with Crippen molar-refractivity contribution in [1.29, 1.82) is 0 Å². The van der Waals surface area contributed by atoms with Gasteiger partial charge in [-0.2, -0.15) is 0 Å². The number of hydrogen-bond donors (Lipinski definition) is 2. The number of rotatable bonds is 5. The second kappa shape index (κ2) is 6.52. The van der Waals surface area contributed by atoms with Crippen molar-refractivity contribution in [2.24, 2.45) is 11.7 Å². The molecule has 1 saturated heterocycles. The van der Waals surface area contributed by atoms with E-state index in [0.717, 1.165) is 25.2 Å². The van der Waals surface area contributed by atoms with Crippen LogP contribution in [0.4, 0.5) is 0 Å². The first kappa shape index (κ1) is 13.1. The van der Waals surface area contributed by atoms with Gasteiger partial charge in [0.1, 0.15) is 0 Å². The Morgan fingerprint density at radius 2 is 2.22 bits per heavy atom. The van der Waals surface area contributed by atoms with Crippen LogP contribution in [0.25, 0.3) is 0 Å². The third-order valence-corrected chi connectivity index (χ3v) is 3.24. The van der Waals surface area contributed by atoms with E-state index in [4.69, 9.17) is 10.5 Å². The van der Waals surface area contributed by atoms with Crippen molar-refractivity contribution in [3.63, 3.8) is 0 Å². The van der Waals surface area contributed by atoms with Gasteiger partial charge in [-0.1, -0.05) is 30.3 Å². The molecule has 3 N–H and O–H groups in total. The molecular weight excluding hydrogens is 228 g/mol. The normalized spacial score (nSPS) is 20.6. The van der Waals surface area contributed by atoms with E-state index in [0.29, 0.717) is 18.9 Å².